The van der Waals surface area contributed by atoms with Gasteiger partial charge in [-0.2, -0.15) is 0 Å². The summed E-state index contributed by atoms with van der Waals surface area (Å²) in [6.45, 7) is 2.47. The molecule has 0 saturated carbocycles. The van der Waals surface area contributed by atoms with Crippen molar-refractivity contribution in [2.24, 2.45) is 0 Å². The summed E-state index contributed by atoms with van der Waals surface area (Å²) in [5.74, 6) is 0.671. The van der Waals surface area contributed by atoms with Crippen LogP contribution in [0.15, 0.2) is 54.7 Å². The largest absolute Gasteiger partial charge is 0.507 e. The van der Waals surface area contributed by atoms with Gasteiger partial charge in [0.05, 0.1) is 5.56 Å². The number of nitrogens with one attached hydrogen (secondary N) is 1. The van der Waals surface area contributed by atoms with Gasteiger partial charge in [-0.15, -0.1) is 0 Å². The summed E-state index contributed by atoms with van der Waals surface area (Å²) in [5.41, 5.74) is 1.29. The number of aromatic hydroxyl groups is 1. The number of benzene rings is 2. The van der Waals surface area contributed by atoms with Crippen LogP contribution in [-0.2, 0) is 6.54 Å². The van der Waals surface area contributed by atoms with Crippen molar-refractivity contribution >= 4 is 22.5 Å². The molecule has 26 heavy (non-hydrogen) atoms. The number of anilines is 1. The zero-order chi connectivity index (χ0) is 17.9. The SMILES string of the molecule is O=C(NCc1ccnc(N2CCCC2)c1)c1cc2ccccc2cc1O. The van der Waals surface area contributed by atoms with Crippen molar-refractivity contribution in [3.05, 3.63) is 65.9 Å². The number of amides is 1. The standard InChI is InChI=1S/C21H21N3O2/c25-19-13-17-6-2-1-5-16(17)12-18(19)21(26)23-14-15-7-8-22-20(11-15)24-9-3-4-10-24/h1-2,5-8,11-13,25H,3-4,9-10,14H2,(H,23,26). The van der Waals surface area contributed by atoms with Gasteiger partial charge in [0.1, 0.15) is 11.6 Å². The van der Waals surface area contributed by atoms with Gasteiger partial charge in [-0.3, -0.25) is 4.79 Å². The molecule has 1 aliphatic rings. The van der Waals surface area contributed by atoms with Crippen molar-refractivity contribution in [3.63, 3.8) is 0 Å². The summed E-state index contributed by atoms with van der Waals surface area (Å²) in [6, 6.07) is 14.9. The van der Waals surface area contributed by atoms with Gasteiger partial charge in [0.15, 0.2) is 0 Å². The zero-order valence-corrected chi connectivity index (χ0v) is 14.5. The lowest BCUT2D eigenvalue weighted by Crippen LogP contribution is -2.23. The molecule has 1 amide bonds. The van der Waals surface area contributed by atoms with Crippen molar-refractivity contribution in [1.82, 2.24) is 10.3 Å². The third-order valence-electron chi connectivity index (χ3n) is 4.80. The first-order chi connectivity index (χ1) is 12.7. The Morgan fingerprint density at radius 1 is 1.08 bits per heavy atom. The van der Waals surface area contributed by atoms with Crippen LogP contribution in [0.3, 0.4) is 0 Å². The number of rotatable bonds is 4. The van der Waals surface area contributed by atoms with Crippen LogP contribution in [-0.4, -0.2) is 29.1 Å². The Kier molecular flexibility index (Phi) is 4.44. The molecule has 5 nitrogen and oxygen atoms in total. The average Bonchev–Trinajstić information content (AvgIpc) is 3.20. The first-order valence-corrected chi connectivity index (χ1v) is 8.90. The van der Waals surface area contributed by atoms with E-state index in [-0.39, 0.29) is 17.2 Å². The predicted octanol–water partition coefficient (Wildman–Crippen LogP) is 3.47. The maximum atomic E-state index is 12.5. The number of phenolic OH excluding ortho intramolecular Hbond substituents is 1. The molecule has 0 atom stereocenters. The molecule has 0 spiro atoms. The molecule has 2 N–H and O–H groups in total. The lowest BCUT2D eigenvalue weighted by atomic mass is 10.1. The summed E-state index contributed by atoms with van der Waals surface area (Å²) in [6.07, 6.45) is 4.18. The summed E-state index contributed by atoms with van der Waals surface area (Å²) < 4.78 is 0. The van der Waals surface area contributed by atoms with E-state index in [9.17, 15) is 9.90 Å². The maximum absolute atomic E-state index is 12.5. The second kappa shape index (κ2) is 7.04. The second-order valence-electron chi connectivity index (χ2n) is 6.62. The van der Waals surface area contributed by atoms with Gasteiger partial charge in [0.25, 0.3) is 5.91 Å². The van der Waals surface area contributed by atoms with Crippen LogP contribution in [0.5, 0.6) is 5.75 Å². The minimum atomic E-state index is -0.284. The molecule has 0 unspecified atom stereocenters. The van der Waals surface area contributed by atoms with Gasteiger partial charge in [0, 0.05) is 25.8 Å². The van der Waals surface area contributed by atoms with Gasteiger partial charge in [-0.25, -0.2) is 4.98 Å². The second-order valence-corrected chi connectivity index (χ2v) is 6.62. The van der Waals surface area contributed by atoms with Crippen LogP contribution >= 0.6 is 0 Å². The van der Waals surface area contributed by atoms with Crippen LogP contribution in [0.1, 0.15) is 28.8 Å². The average molecular weight is 347 g/mol. The van der Waals surface area contributed by atoms with E-state index in [1.807, 2.05) is 36.4 Å². The summed E-state index contributed by atoms with van der Waals surface area (Å²) in [4.78, 5) is 19.2. The van der Waals surface area contributed by atoms with Crippen LogP contribution < -0.4 is 10.2 Å². The summed E-state index contributed by atoms with van der Waals surface area (Å²) in [7, 11) is 0. The van der Waals surface area contributed by atoms with E-state index < -0.39 is 0 Å². The highest BCUT2D eigenvalue weighted by Gasteiger charge is 2.15. The maximum Gasteiger partial charge on any atom is 0.255 e. The molecule has 4 rings (SSSR count). The van der Waals surface area contributed by atoms with Gasteiger partial charge < -0.3 is 15.3 Å². The number of fused-ring (bicyclic) bond motifs is 1. The normalized spacial score (nSPS) is 13.9. The molecule has 0 radical (unpaired) electrons. The fourth-order valence-corrected chi connectivity index (χ4v) is 3.38. The lowest BCUT2D eigenvalue weighted by molar-refractivity contribution is 0.0948. The van der Waals surface area contributed by atoms with Crippen LogP contribution in [0.4, 0.5) is 5.82 Å². The Balaban J connectivity index is 1.49. The number of carbonyl (C=O) groups excluding carboxylic acids is 1. The van der Waals surface area contributed by atoms with E-state index in [0.717, 1.165) is 35.2 Å². The van der Waals surface area contributed by atoms with Crippen molar-refractivity contribution < 1.29 is 9.90 Å². The molecule has 3 aromatic rings. The van der Waals surface area contributed by atoms with Gasteiger partial charge in [-0.1, -0.05) is 24.3 Å². The van der Waals surface area contributed by atoms with Crippen LogP contribution in [0.2, 0.25) is 0 Å². The highest BCUT2D eigenvalue weighted by atomic mass is 16.3. The quantitative estimate of drug-likeness (QED) is 0.758. The van der Waals surface area contributed by atoms with Crippen molar-refractivity contribution in [3.8, 4) is 5.75 Å². The molecule has 132 valence electrons. The molecule has 2 aromatic carbocycles. The van der Waals surface area contributed by atoms with Gasteiger partial charge >= 0.3 is 0 Å². The number of aromatic nitrogens is 1. The van der Waals surface area contributed by atoms with Crippen LogP contribution in [0, 0.1) is 0 Å². The minimum absolute atomic E-state index is 0.00585. The molecule has 5 heteroatoms. The molecule has 0 aliphatic carbocycles. The van der Waals surface area contributed by atoms with E-state index in [0.29, 0.717) is 6.54 Å². The highest BCUT2D eigenvalue weighted by molar-refractivity contribution is 6.01. The number of hydrogen-bond acceptors (Lipinski definition) is 4. The number of carbonyl (C=O) groups is 1. The summed E-state index contributed by atoms with van der Waals surface area (Å²) >= 11 is 0. The number of pyridine rings is 1. The fourth-order valence-electron chi connectivity index (χ4n) is 3.38. The molecule has 1 fully saturated rings. The molecular weight excluding hydrogens is 326 g/mol. The number of hydrogen-bond donors (Lipinski definition) is 2. The number of phenols is 1. The Labute approximate surface area is 152 Å². The minimum Gasteiger partial charge on any atom is -0.507 e. The molecule has 1 aromatic heterocycles. The molecule has 2 heterocycles. The van der Waals surface area contributed by atoms with Crippen LogP contribution in [0.25, 0.3) is 10.8 Å². The van der Waals surface area contributed by atoms with Crippen molar-refractivity contribution in [2.75, 3.05) is 18.0 Å². The van der Waals surface area contributed by atoms with Crippen molar-refractivity contribution in [1.29, 1.82) is 0 Å². The van der Waals surface area contributed by atoms with Gasteiger partial charge in [-0.05, 0) is 53.4 Å². The van der Waals surface area contributed by atoms with E-state index in [1.165, 1.54) is 12.8 Å². The fraction of sp³-hybridized carbons (Fsp3) is 0.238. The Morgan fingerprint density at radius 2 is 1.81 bits per heavy atom. The lowest BCUT2D eigenvalue weighted by Gasteiger charge is -2.17. The van der Waals surface area contributed by atoms with E-state index in [2.05, 4.69) is 15.2 Å². The van der Waals surface area contributed by atoms with E-state index in [1.54, 1.807) is 18.3 Å². The third kappa shape index (κ3) is 3.33. The number of nitrogens with zero attached hydrogens (tertiary/aromatic N) is 2. The molecule has 0 bridgehead atoms. The first-order valence-electron chi connectivity index (χ1n) is 8.90. The third-order valence-corrected chi connectivity index (χ3v) is 4.80. The Bertz CT molecular complexity index is 949. The topological polar surface area (TPSA) is 65.5 Å². The zero-order valence-electron chi connectivity index (χ0n) is 14.5. The monoisotopic (exact) mass is 347 g/mol. The Morgan fingerprint density at radius 3 is 2.58 bits per heavy atom. The molecule has 1 aliphatic heterocycles. The first kappa shape index (κ1) is 16.4. The van der Waals surface area contributed by atoms with E-state index in [4.69, 9.17) is 0 Å². The highest BCUT2D eigenvalue weighted by Crippen LogP contribution is 2.25. The Hall–Kier alpha value is -3.08. The van der Waals surface area contributed by atoms with E-state index >= 15 is 0 Å². The van der Waals surface area contributed by atoms with Crippen molar-refractivity contribution in [2.45, 2.75) is 19.4 Å². The molecular formula is C21H21N3O2. The van der Waals surface area contributed by atoms with Gasteiger partial charge in [0.2, 0.25) is 0 Å². The summed E-state index contributed by atoms with van der Waals surface area (Å²) in [5, 5.41) is 14.9. The molecule has 1 saturated heterocycles. The smallest absolute Gasteiger partial charge is 0.255 e. The predicted molar refractivity (Wildman–Crippen MR) is 102 cm³/mol.